The lowest BCUT2D eigenvalue weighted by atomic mass is 10.1. The summed E-state index contributed by atoms with van der Waals surface area (Å²) in [5, 5.41) is 9.15. The minimum Gasteiger partial charge on any atom is -0.490 e. The van der Waals surface area contributed by atoms with E-state index in [4.69, 9.17) is 9.47 Å². The van der Waals surface area contributed by atoms with Crippen LogP contribution in [0.25, 0.3) is 0 Å². The van der Waals surface area contributed by atoms with Crippen molar-refractivity contribution < 1.29 is 18.7 Å². The third kappa shape index (κ3) is 8.52. The molecule has 0 unspecified atom stereocenters. The molecule has 1 heterocycles. The fraction of sp³-hybridized carbons (Fsp3) is 0.391. The van der Waals surface area contributed by atoms with E-state index in [2.05, 4.69) is 20.9 Å². The summed E-state index contributed by atoms with van der Waals surface area (Å²) in [7, 11) is 0. The molecule has 0 bridgehead atoms. The molecule has 0 saturated carbocycles. The van der Waals surface area contributed by atoms with Gasteiger partial charge in [-0.2, -0.15) is 0 Å². The highest BCUT2D eigenvalue weighted by Gasteiger charge is 2.15. The van der Waals surface area contributed by atoms with E-state index in [1.165, 1.54) is 12.1 Å². The lowest BCUT2D eigenvalue weighted by Crippen LogP contribution is -2.46. The summed E-state index contributed by atoms with van der Waals surface area (Å²) in [4.78, 5) is 16.8. The van der Waals surface area contributed by atoms with Gasteiger partial charge >= 0.3 is 0 Å². The SMILES string of the molecule is CC(C)(C)NC(=O)CNC(=NCc1ccc(F)cc1)Nc1ccc2c(c1)OCCCO2.I. The van der Waals surface area contributed by atoms with Gasteiger partial charge < -0.3 is 25.4 Å². The molecule has 9 heteroatoms. The van der Waals surface area contributed by atoms with Crippen molar-refractivity contribution >= 4 is 41.5 Å². The molecule has 0 saturated heterocycles. The van der Waals surface area contributed by atoms with Crippen molar-refractivity contribution in [2.24, 2.45) is 4.99 Å². The predicted octanol–water partition coefficient (Wildman–Crippen LogP) is 4.08. The van der Waals surface area contributed by atoms with Crippen LogP contribution in [0.15, 0.2) is 47.5 Å². The summed E-state index contributed by atoms with van der Waals surface area (Å²) in [5.74, 6) is 1.33. The number of hydrogen-bond donors (Lipinski definition) is 3. The average Bonchev–Trinajstić information content (AvgIpc) is 2.95. The van der Waals surface area contributed by atoms with Crippen molar-refractivity contribution in [2.75, 3.05) is 25.1 Å². The van der Waals surface area contributed by atoms with Crippen LogP contribution in [0.2, 0.25) is 0 Å². The van der Waals surface area contributed by atoms with E-state index in [-0.39, 0.29) is 47.8 Å². The van der Waals surface area contributed by atoms with Gasteiger partial charge in [0.1, 0.15) is 5.82 Å². The van der Waals surface area contributed by atoms with Crippen LogP contribution in [0.4, 0.5) is 10.1 Å². The fourth-order valence-electron chi connectivity index (χ4n) is 2.90. The van der Waals surface area contributed by atoms with Gasteiger partial charge in [0.15, 0.2) is 17.5 Å². The molecule has 174 valence electrons. The van der Waals surface area contributed by atoms with Crippen LogP contribution in [0.1, 0.15) is 32.8 Å². The highest BCUT2D eigenvalue weighted by Crippen LogP contribution is 2.32. The summed E-state index contributed by atoms with van der Waals surface area (Å²) >= 11 is 0. The minimum absolute atomic E-state index is 0. The Bertz CT molecular complexity index is 930. The maximum atomic E-state index is 13.2. The van der Waals surface area contributed by atoms with Crippen LogP contribution in [0.3, 0.4) is 0 Å². The zero-order valence-electron chi connectivity index (χ0n) is 18.5. The monoisotopic (exact) mass is 556 g/mol. The van der Waals surface area contributed by atoms with Gasteiger partial charge in [0.2, 0.25) is 5.91 Å². The van der Waals surface area contributed by atoms with E-state index in [1.54, 1.807) is 12.1 Å². The van der Waals surface area contributed by atoms with E-state index in [1.807, 2.05) is 39.0 Å². The molecule has 0 aliphatic carbocycles. The number of rotatable bonds is 5. The van der Waals surface area contributed by atoms with Crippen molar-refractivity contribution in [1.29, 1.82) is 0 Å². The van der Waals surface area contributed by atoms with Gasteiger partial charge in [0.25, 0.3) is 0 Å². The topological polar surface area (TPSA) is 84.0 Å². The van der Waals surface area contributed by atoms with E-state index in [9.17, 15) is 9.18 Å². The lowest BCUT2D eigenvalue weighted by Gasteiger charge is -2.21. The molecule has 2 aromatic carbocycles. The van der Waals surface area contributed by atoms with Crippen LogP contribution in [0.5, 0.6) is 11.5 Å². The first kappa shape index (κ1) is 25.7. The first-order chi connectivity index (χ1) is 14.8. The van der Waals surface area contributed by atoms with Crippen LogP contribution in [-0.2, 0) is 11.3 Å². The summed E-state index contributed by atoms with van der Waals surface area (Å²) < 4.78 is 24.6. The van der Waals surface area contributed by atoms with Gasteiger partial charge in [0, 0.05) is 23.7 Å². The quantitative estimate of drug-likeness (QED) is 0.294. The molecule has 1 aliphatic heterocycles. The van der Waals surface area contributed by atoms with Crippen molar-refractivity contribution in [3.63, 3.8) is 0 Å². The lowest BCUT2D eigenvalue weighted by molar-refractivity contribution is -0.121. The first-order valence-corrected chi connectivity index (χ1v) is 10.3. The molecule has 0 aromatic heterocycles. The highest BCUT2D eigenvalue weighted by molar-refractivity contribution is 14.0. The van der Waals surface area contributed by atoms with Gasteiger partial charge in [-0.3, -0.25) is 4.79 Å². The van der Waals surface area contributed by atoms with Crippen LogP contribution in [0, 0.1) is 5.82 Å². The molecule has 2 aromatic rings. The van der Waals surface area contributed by atoms with E-state index < -0.39 is 0 Å². The number of ether oxygens (including phenoxy) is 2. The van der Waals surface area contributed by atoms with Gasteiger partial charge in [-0.15, -0.1) is 24.0 Å². The molecule has 3 N–H and O–H groups in total. The first-order valence-electron chi connectivity index (χ1n) is 10.3. The second kappa shape index (κ2) is 11.9. The Morgan fingerprint density at radius 1 is 1.06 bits per heavy atom. The summed E-state index contributed by atoms with van der Waals surface area (Å²) in [5.41, 5.74) is 1.26. The number of amides is 1. The van der Waals surface area contributed by atoms with Crippen LogP contribution >= 0.6 is 24.0 Å². The van der Waals surface area contributed by atoms with Crippen molar-refractivity contribution in [3.8, 4) is 11.5 Å². The number of halogens is 2. The zero-order valence-corrected chi connectivity index (χ0v) is 20.9. The van der Waals surface area contributed by atoms with E-state index in [0.717, 1.165) is 17.7 Å². The largest absolute Gasteiger partial charge is 0.490 e. The second-order valence-electron chi connectivity index (χ2n) is 8.28. The number of nitrogens with zero attached hydrogens (tertiary/aromatic N) is 1. The van der Waals surface area contributed by atoms with Crippen molar-refractivity contribution in [1.82, 2.24) is 10.6 Å². The molecule has 3 rings (SSSR count). The molecule has 1 aliphatic rings. The molecule has 0 spiro atoms. The number of benzene rings is 2. The Balaban J connectivity index is 0.00000363. The number of nitrogens with one attached hydrogen (secondary N) is 3. The van der Waals surface area contributed by atoms with Gasteiger partial charge in [-0.25, -0.2) is 9.38 Å². The molecule has 0 atom stereocenters. The average molecular weight is 556 g/mol. The summed E-state index contributed by atoms with van der Waals surface area (Å²) in [6, 6.07) is 11.7. The summed E-state index contributed by atoms with van der Waals surface area (Å²) in [6.07, 6.45) is 0.826. The Morgan fingerprint density at radius 2 is 1.75 bits per heavy atom. The summed E-state index contributed by atoms with van der Waals surface area (Å²) in [6.45, 7) is 7.35. The zero-order chi connectivity index (χ0) is 22.3. The van der Waals surface area contributed by atoms with Gasteiger partial charge in [0.05, 0.1) is 26.3 Å². The maximum absolute atomic E-state index is 13.2. The fourth-order valence-corrected chi connectivity index (χ4v) is 2.90. The Hall–Kier alpha value is -2.56. The molecule has 1 amide bonds. The molecular formula is C23H30FIN4O3. The Morgan fingerprint density at radius 3 is 2.44 bits per heavy atom. The maximum Gasteiger partial charge on any atom is 0.239 e. The van der Waals surface area contributed by atoms with Gasteiger partial charge in [-0.05, 0) is 50.6 Å². The molecular weight excluding hydrogens is 526 g/mol. The van der Waals surface area contributed by atoms with E-state index in [0.29, 0.717) is 37.2 Å². The smallest absolute Gasteiger partial charge is 0.239 e. The number of fused-ring (bicyclic) bond motifs is 1. The molecule has 0 radical (unpaired) electrons. The van der Waals surface area contributed by atoms with Crippen molar-refractivity contribution in [2.45, 2.75) is 39.3 Å². The van der Waals surface area contributed by atoms with Crippen molar-refractivity contribution in [3.05, 3.63) is 53.8 Å². The minimum atomic E-state index is -0.327. The number of guanidine groups is 1. The third-order valence-corrected chi connectivity index (χ3v) is 4.27. The number of carbonyl (C=O) groups excluding carboxylic acids is 1. The number of anilines is 1. The normalized spacial score (nSPS) is 13.4. The van der Waals surface area contributed by atoms with Gasteiger partial charge in [-0.1, -0.05) is 12.1 Å². The Kier molecular flexibility index (Phi) is 9.55. The molecule has 7 nitrogen and oxygen atoms in total. The van der Waals surface area contributed by atoms with E-state index >= 15 is 0 Å². The van der Waals surface area contributed by atoms with Crippen LogP contribution in [-0.4, -0.2) is 37.2 Å². The predicted molar refractivity (Wildman–Crippen MR) is 135 cm³/mol. The number of aliphatic imine (C=N–C) groups is 1. The third-order valence-electron chi connectivity index (χ3n) is 4.27. The highest BCUT2D eigenvalue weighted by atomic mass is 127. The molecule has 32 heavy (non-hydrogen) atoms. The van der Waals surface area contributed by atoms with Crippen LogP contribution < -0.4 is 25.4 Å². The standard InChI is InChI=1S/C23H29FN4O3.HI/c1-23(2,3)28-21(29)15-26-22(25-14-16-5-7-17(24)8-6-16)27-18-9-10-19-20(13-18)31-12-4-11-30-19;/h5-10,13H,4,11-12,14-15H2,1-3H3,(H,28,29)(H2,25,26,27);1H. The Labute approximate surface area is 205 Å². The molecule has 0 fully saturated rings. The second-order valence-corrected chi connectivity index (χ2v) is 8.28. The number of hydrogen-bond acceptors (Lipinski definition) is 4. The number of carbonyl (C=O) groups is 1.